The zero-order chi connectivity index (χ0) is 12.3. The number of nitrogens with two attached hydrogens (primary N) is 1. The van der Waals surface area contributed by atoms with Gasteiger partial charge in [-0.15, -0.1) is 0 Å². The number of benzene rings is 1. The molecular formula is C13H12N2O2. The molecule has 0 spiro atoms. The fraction of sp³-hybridized carbons (Fsp3) is 0.0769. The van der Waals surface area contributed by atoms with Crippen LogP contribution in [0, 0.1) is 0 Å². The van der Waals surface area contributed by atoms with E-state index < -0.39 is 5.97 Å². The molecule has 4 nitrogen and oxygen atoms in total. The number of carboxylic acids is 1. The number of anilines is 1. The Morgan fingerprint density at radius 2 is 2.00 bits per heavy atom. The zero-order valence-electron chi connectivity index (χ0n) is 9.13. The van der Waals surface area contributed by atoms with Crippen molar-refractivity contribution in [3.63, 3.8) is 0 Å². The van der Waals surface area contributed by atoms with Crippen molar-refractivity contribution in [1.29, 1.82) is 0 Å². The number of carbonyl (C=O) groups is 1. The number of nitrogens with zero attached hydrogens (tertiary/aromatic N) is 1. The van der Waals surface area contributed by atoms with Gasteiger partial charge in [-0.1, -0.05) is 24.3 Å². The number of aliphatic carboxylic acids is 1. The molecule has 0 aliphatic rings. The SMILES string of the molecule is Nc1cccc(-c2cccc(CC(=O)O)c2)n1. The summed E-state index contributed by atoms with van der Waals surface area (Å²) < 4.78 is 0. The van der Waals surface area contributed by atoms with Crippen molar-refractivity contribution in [2.24, 2.45) is 0 Å². The van der Waals surface area contributed by atoms with Crippen molar-refractivity contribution in [1.82, 2.24) is 4.98 Å². The summed E-state index contributed by atoms with van der Waals surface area (Å²) in [6.07, 6.45) is 0.0101. The van der Waals surface area contributed by atoms with E-state index in [0.29, 0.717) is 5.82 Å². The number of rotatable bonds is 3. The smallest absolute Gasteiger partial charge is 0.307 e. The van der Waals surface area contributed by atoms with E-state index in [0.717, 1.165) is 16.8 Å². The highest BCUT2D eigenvalue weighted by Crippen LogP contribution is 2.19. The Balaban J connectivity index is 2.36. The third-order valence-corrected chi connectivity index (χ3v) is 2.35. The third-order valence-electron chi connectivity index (χ3n) is 2.35. The maximum Gasteiger partial charge on any atom is 0.307 e. The largest absolute Gasteiger partial charge is 0.481 e. The second-order valence-electron chi connectivity index (χ2n) is 3.72. The zero-order valence-corrected chi connectivity index (χ0v) is 9.13. The molecule has 0 saturated heterocycles. The van der Waals surface area contributed by atoms with E-state index in [1.54, 1.807) is 12.1 Å². The lowest BCUT2D eigenvalue weighted by Crippen LogP contribution is -2.00. The number of carboxylic acid groups (broad SMARTS) is 1. The van der Waals surface area contributed by atoms with Crippen LogP contribution in [0.2, 0.25) is 0 Å². The first-order chi connectivity index (χ1) is 8.15. The number of hydrogen-bond acceptors (Lipinski definition) is 3. The minimum atomic E-state index is -0.845. The van der Waals surface area contributed by atoms with Gasteiger partial charge in [-0.3, -0.25) is 4.79 Å². The fourth-order valence-electron chi connectivity index (χ4n) is 1.63. The average Bonchev–Trinajstić information content (AvgIpc) is 2.28. The minimum absolute atomic E-state index is 0.0101. The van der Waals surface area contributed by atoms with Gasteiger partial charge in [0.1, 0.15) is 5.82 Å². The molecule has 0 amide bonds. The molecule has 1 aromatic carbocycles. The van der Waals surface area contributed by atoms with Crippen molar-refractivity contribution >= 4 is 11.8 Å². The molecule has 86 valence electrons. The van der Waals surface area contributed by atoms with E-state index in [1.165, 1.54) is 0 Å². The number of nitrogen functional groups attached to an aromatic ring is 1. The van der Waals surface area contributed by atoms with Gasteiger partial charge < -0.3 is 10.8 Å². The van der Waals surface area contributed by atoms with Crippen molar-refractivity contribution in [3.8, 4) is 11.3 Å². The van der Waals surface area contributed by atoms with Crippen LogP contribution in [-0.4, -0.2) is 16.1 Å². The van der Waals surface area contributed by atoms with Gasteiger partial charge in [0.05, 0.1) is 12.1 Å². The molecule has 2 aromatic rings. The molecule has 17 heavy (non-hydrogen) atoms. The summed E-state index contributed by atoms with van der Waals surface area (Å²) in [7, 11) is 0. The Bertz CT molecular complexity index is 553. The molecular weight excluding hydrogens is 216 g/mol. The first-order valence-electron chi connectivity index (χ1n) is 5.19. The minimum Gasteiger partial charge on any atom is -0.481 e. The standard InChI is InChI=1S/C13H12N2O2/c14-12-6-2-5-11(15-12)10-4-1-3-9(7-10)8-13(16)17/h1-7H,8H2,(H2,14,15)(H,16,17). The first-order valence-corrected chi connectivity index (χ1v) is 5.19. The van der Waals surface area contributed by atoms with E-state index in [2.05, 4.69) is 4.98 Å². The maximum absolute atomic E-state index is 10.6. The summed E-state index contributed by atoms with van der Waals surface area (Å²) in [5, 5.41) is 8.74. The van der Waals surface area contributed by atoms with Gasteiger partial charge in [-0.2, -0.15) is 0 Å². The van der Waals surface area contributed by atoms with Crippen molar-refractivity contribution in [3.05, 3.63) is 48.0 Å². The molecule has 0 aliphatic carbocycles. The lowest BCUT2D eigenvalue weighted by atomic mass is 10.1. The van der Waals surface area contributed by atoms with Gasteiger partial charge >= 0.3 is 5.97 Å². The predicted octanol–water partition coefficient (Wildman–Crippen LogP) is 1.96. The lowest BCUT2D eigenvalue weighted by Gasteiger charge is -2.04. The van der Waals surface area contributed by atoms with Gasteiger partial charge in [0.25, 0.3) is 0 Å². The topological polar surface area (TPSA) is 76.2 Å². The molecule has 4 heteroatoms. The summed E-state index contributed by atoms with van der Waals surface area (Å²) in [6.45, 7) is 0. The summed E-state index contributed by atoms with van der Waals surface area (Å²) in [5.41, 5.74) is 7.98. The van der Waals surface area contributed by atoms with Gasteiger partial charge in [0, 0.05) is 5.56 Å². The van der Waals surface area contributed by atoms with Gasteiger partial charge in [-0.05, 0) is 23.8 Å². The average molecular weight is 228 g/mol. The van der Waals surface area contributed by atoms with Crippen LogP contribution < -0.4 is 5.73 Å². The van der Waals surface area contributed by atoms with Gasteiger partial charge in [0.15, 0.2) is 0 Å². The Hall–Kier alpha value is -2.36. The summed E-state index contributed by atoms with van der Waals surface area (Å²) in [5.74, 6) is -0.395. The Labute approximate surface area is 98.7 Å². The van der Waals surface area contributed by atoms with E-state index in [-0.39, 0.29) is 6.42 Å². The predicted molar refractivity (Wildman–Crippen MR) is 65.4 cm³/mol. The second-order valence-corrected chi connectivity index (χ2v) is 3.72. The van der Waals surface area contributed by atoms with Crippen LogP contribution in [-0.2, 0) is 11.2 Å². The normalized spacial score (nSPS) is 10.1. The van der Waals surface area contributed by atoms with Crippen LogP contribution in [0.5, 0.6) is 0 Å². The first kappa shape index (κ1) is 11.1. The molecule has 0 radical (unpaired) electrons. The number of hydrogen-bond donors (Lipinski definition) is 2. The Kier molecular flexibility index (Phi) is 3.05. The highest BCUT2D eigenvalue weighted by molar-refractivity contribution is 5.71. The quantitative estimate of drug-likeness (QED) is 0.841. The van der Waals surface area contributed by atoms with E-state index in [4.69, 9.17) is 10.8 Å². The monoisotopic (exact) mass is 228 g/mol. The highest BCUT2D eigenvalue weighted by Gasteiger charge is 2.04. The van der Waals surface area contributed by atoms with Crippen molar-refractivity contribution < 1.29 is 9.90 Å². The summed E-state index contributed by atoms with van der Waals surface area (Å²) >= 11 is 0. The van der Waals surface area contributed by atoms with Crippen molar-refractivity contribution in [2.75, 3.05) is 5.73 Å². The van der Waals surface area contributed by atoms with Crippen molar-refractivity contribution in [2.45, 2.75) is 6.42 Å². The molecule has 0 saturated carbocycles. The van der Waals surface area contributed by atoms with Gasteiger partial charge in [0.2, 0.25) is 0 Å². The summed E-state index contributed by atoms with van der Waals surface area (Å²) in [4.78, 5) is 14.8. The lowest BCUT2D eigenvalue weighted by molar-refractivity contribution is -0.136. The van der Waals surface area contributed by atoms with Crippen LogP contribution in [0.1, 0.15) is 5.56 Å². The molecule has 3 N–H and O–H groups in total. The van der Waals surface area contributed by atoms with Crippen LogP contribution >= 0.6 is 0 Å². The maximum atomic E-state index is 10.6. The van der Waals surface area contributed by atoms with Gasteiger partial charge in [-0.25, -0.2) is 4.98 Å². The molecule has 0 unspecified atom stereocenters. The van der Waals surface area contributed by atoms with Crippen LogP contribution in [0.4, 0.5) is 5.82 Å². The molecule has 0 aliphatic heterocycles. The summed E-state index contributed by atoms with van der Waals surface area (Å²) in [6, 6.07) is 12.7. The molecule has 0 fully saturated rings. The van der Waals surface area contributed by atoms with E-state index >= 15 is 0 Å². The van der Waals surface area contributed by atoms with Crippen LogP contribution in [0.15, 0.2) is 42.5 Å². The fourth-order valence-corrected chi connectivity index (χ4v) is 1.63. The number of pyridine rings is 1. The Morgan fingerprint density at radius 3 is 2.71 bits per heavy atom. The van der Waals surface area contributed by atoms with Crippen LogP contribution in [0.3, 0.4) is 0 Å². The highest BCUT2D eigenvalue weighted by atomic mass is 16.4. The Morgan fingerprint density at radius 1 is 1.24 bits per heavy atom. The molecule has 0 bridgehead atoms. The molecule has 2 rings (SSSR count). The second kappa shape index (κ2) is 4.65. The molecule has 1 aromatic heterocycles. The molecule has 1 heterocycles. The van der Waals surface area contributed by atoms with E-state index in [9.17, 15) is 4.79 Å². The number of aromatic nitrogens is 1. The van der Waals surface area contributed by atoms with E-state index in [1.807, 2.05) is 30.3 Å². The van der Waals surface area contributed by atoms with Crippen LogP contribution in [0.25, 0.3) is 11.3 Å². The molecule has 0 atom stereocenters. The third kappa shape index (κ3) is 2.81.